The maximum absolute atomic E-state index is 7.79. The Morgan fingerprint density at radius 3 is 2.20 bits per heavy atom. The van der Waals surface area contributed by atoms with E-state index in [4.69, 9.17) is 5.11 Å². The number of thiocarbonyl (C=S) groups is 1. The molecule has 0 amide bonds. The Kier molecular flexibility index (Phi) is 3.36. The summed E-state index contributed by atoms with van der Waals surface area (Å²) in [5.41, 5.74) is 0. The third-order valence-electron chi connectivity index (χ3n) is 0.165. The summed E-state index contributed by atoms with van der Waals surface area (Å²) >= 11 is 4.28. The lowest BCUT2D eigenvalue weighted by Crippen LogP contribution is -1.49. The van der Waals surface area contributed by atoms with Crippen molar-refractivity contribution < 1.29 is 5.11 Å². The van der Waals surface area contributed by atoms with Gasteiger partial charge in [-0.3, -0.25) is 0 Å². The molecule has 0 spiro atoms. The van der Waals surface area contributed by atoms with Gasteiger partial charge in [-0.2, -0.15) is 0 Å². The van der Waals surface area contributed by atoms with Gasteiger partial charge in [-0.1, -0.05) is 12.2 Å². The molecule has 28 valence electrons. The standard InChI is InChI=1S/C3H4OS/c4-2-1-3-5/h1-4H. The van der Waals surface area contributed by atoms with E-state index in [1.54, 1.807) is 0 Å². The summed E-state index contributed by atoms with van der Waals surface area (Å²) in [4.78, 5) is 0. The Bertz CT molecular complexity index is 48.9. The van der Waals surface area contributed by atoms with Crippen molar-refractivity contribution in [2.75, 3.05) is 0 Å². The highest BCUT2D eigenvalue weighted by molar-refractivity contribution is 7.79. The van der Waals surface area contributed by atoms with Crippen LogP contribution in [0, 0.1) is 0 Å². The molecule has 0 aliphatic rings. The Hall–Kier alpha value is -0.370. The molecule has 0 saturated carbocycles. The second-order valence-electron chi connectivity index (χ2n) is 0.478. The fourth-order valence-corrected chi connectivity index (χ4v) is 0.105. The highest BCUT2D eigenvalue weighted by Gasteiger charge is 1.45. The fraction of sp³-hybridized carbons (Fsp3) is 0. The normalized spacial score (nSPS) is 8.80. The van der Waals surface area contributed by atoms with Crippen LogP contribution in [0.1, 0.15) is 0 Å². The molecule has 0 heterocycles. The number of aliphatic hydroxyl groups is 1. The maximum atomic E-state index is 7.79. The van der Waals surface area contributed by atoms with Crippen molar-refractivity contribution in [1.29, 1.82) is 0 Å². The average molecular weight is 88.1 g/mol. The van der Waals surface area contributed by atoms with E-state index in [9.17, 15) is 0 Å². The molecule has 0 atom stereocenters. The van der Waals surface area contributed by atoms with Crippen molar-refractivity contribution in [3.8, 4) is 0 Å². The van der Waals surface area contributed by atoms with Gasteiger partial charge in [-0.15, -0.1) is 0 Å². The molecule has 0 fully saturated rings. The van der Waals surface area contributed by atoms with E-state index in [1.807, 2.05) is 0 Å². The van der Waals surface area contributed by atoms with Crippen molar-refractivity contribution in [2.24, 2.45) is 0 Å². The number of allylic oxidation sites excluding steroid dienone is 1. The van der Waals surface area contributed by atoms with Crippen LogP contribution in [-0.2, 0) is 0 Å². The molecule has 0 aromatic rings. The molecule has 0 aromatic carbocycles. The van der Waals surface area contributed by atoms with Gasteiger partial charge in [0.2, 0.25) is 0 Å². The zero-order chi connectivity index (χ0) is 4.12. The number of rotatable bonds is 1. The van der Waals surface area contributed by atoms with Gasteiger partial charge >= 0.3 is 0 Å². The Labute approximate surface area is 35.9 Å². The Balaban J connectivity index is 2.92. The first kappa shape index (κ1) is 4.63. The van der Waals surface area contributed by atoms with Crippen molar-refractivity contribution >= 4 is 17.6 Å². The van der Waals surface area contributed by atoms with Gasteiger partial charge in [0.25, 0.3) is 0 Å². The minimum Gasteiger partial charge on any atom is -0.516 e. The third kappa shape index (κ3) is 3.63. The summed E-state index contributed by atoms with van der Waals surface area (Å²) in [5, 5.41) is 9.12. The smallest absolute Gasteiger partial charge is 0.0799 e. The first-order valence-electron chi connectivity index (χ1n) is 1.16. The van der Waals surface area contributed by atoms with Crippen LogP contribution in [0.2, 0.25) is 0 Å². The Morgan fingerprint density at radius 2 is 2.20 bits per heavy atom. The topological polar surface area (TPSA) is 20.2 Å². The van der Waals surface area contributed by atoms with Gasteiger partial charge in [0.05, 0.1) is 6.26 Å². The predicted molar refractivity (Wildman–Crippen MR) is 25.4 cm³/mol. The van der Waals surface area contributed by atoms with Crippen molar-refractivity contribution in [3.63, 3.8) is 0 Å². The van der Waals surface area contributed by atoms with Gasteiger partial charge in [0.15, 0.2) is 0 Å². The first-order valence-corrected chi connectivity index (χ1v) is 1.63. The van der Waals surface area contributed by atoms with Crippen LogP contribution in [0.25, 0.3) is 0 Å². The third-order valence-corrected chi connectivity index (χ3v) is 0.322. The Morgan fingerprint density at radius 1 is 1.60 bits per heavy atom. The summed E-state index contributed by atoms with van der Waals surface area (Å²) in [5.74, 6) is 0. The number of hydrogen-bond donors (Lipinski definition) is 1. The van der Waals surface area contributed by atoms with Crippen molar-refractivity contribution in [3.05, 3.63) is 12.3 Å². The molecule has 0 aromatic heterocycles. The van der Waals surface area contributed by atoms with Crippen LogP contribution in [0.5, 0.6) is 0 Å². The molecule has 2 heteroatoms. The summed E-state index contributed by atoms with van der Waals surface area (Å²) in [6.07, 6.45) is 2.27. The minimum absolute atomic E-state index is 0.896. The largest absolute Gasteiger partial charge is 0.516 e. The molecule has 0 aliphatic heterocycles. The molecular formula is C3H4OS. The van der Waals surface area contributed by atoms with E-state index in [-0.39, 0.29) is 0 Å². The SMILES string of the molecule is OC=CC=S. The second-order valence-corrected chi connectivity index (χ2v) is 0.750. The molecule has 5 heavy (non-hydrogen) atoms. The average Bonchev–Trinajstić information content (AvgIpc) is 1.41. The van der Waals surface area contributed by atoms with Crippen molar-refractivity contribution in [2.45, 2.75) is 0 Å². The van der Waals surface area contributed by atoms with Crippen LogP contribution in [0.4, 0.5) is 0 Å². The molecule has 0 bridgehead atoms. The summed E-state index contributed by atoms with van der Waals surface area (Å²) in [6, 6.07) is 0. The van der Waals surface area contributed by atoms with Crippen LogP contribution in [0.15, 0.2) is 12.3 Å². The second kappa shape index (κ2) is 3.63. The van der Waals surface area contributed by atoms with Gasteiger partial charge in [-0.25, -0.2) is 0 Å². The molecule has 0 radical (unpaired) electrons. The van der Waals surface area contributed by atoms with Crippen LogP contribution < -0.4 is 0 Å². The zero-order valence-electron chi connectivity index (χ0n) is 2.59. The van der Waals surface area contributed by atoms with E-state index < -0.39 is 0 Å². The van der Waals surface area contributed by atoms with Crippen molar-refractivity contribution in [1.82, 2.24) is 0 Å². The van der Waals surface area contributed by atoms with Crippen LogP contribution in [-0.4, -0.2) is 10.5 Å². The molecule has 0 unspecified atom stereocenters. The van der Waals surface area contributed by atoms with Crippen LogP contribution in [0.3, 0.4) is 0 Å². The monoisotopic (exact) mass is 88.0 g/mol. The fourth-order valence-electron chi connectivity index (χ4n) is 0.0351. The highest BCUT2D eigenvalue weighted by Crippen LogP contribution is 1.54. The lowest BCUT2D eigenvalue weighted by atomic mass is 10.7. The van der Waals surface area contributed by atoms with Crippen LogP contribution >= 0.6 is 12.2 Å². The van der Waals surface area contributed by atoms with Gasteiger partial charge in [0, 0.05) is 5.37 Å². The van der Waals surface area contributed by atoms with E-state index >= 15 is 0 Å². The molecule has 1 nitrogen and oxygen atoms in total. The molecule has 0 rings (SSSR count). The quantitative estimate of drug-likeness (QED) is 0.294. The molecule has 0 saturated heterocycles. The van der Waals surface area contributed by atoms with E-state index in [0.29, 0.717) is 0 Å². The molecule has 1 N–H and O–H groups in total. The maximum Gasteiger partial charge on any atom is 0.0799 e. The van der Waals surface area contributed by atoms with Gasteiger partial charge in [-0.05, 0) is 6.08 Å². The lowest BCUT2D eigenvalue weighted by Gasteiger charge is -1.56. The van der Waals surface area contributed by atoms with E-state index in [0.717, 1.165) is 6.26 Å². The first-order chi connectivity index (χ1) is 2.41. The number of hydrogen-bond acceptors (Lipinski definition) is 2. The van der Waals surface area contributed by atoms with Gasteiger partial charge in [0.1, 0.15) is 0 Å². The summed E-state index contributed by atoms with van der Waals surface area (Å²) < 4.78 is 0. The highest BCUT2D eigenvalue weighted by atomic mass is 32.1. The molecule has 0 aliphatic carbocycles. The minimum atomic E-state index is 0.896. The zero-order valence-corrected chi connectivity index (χ0v) is 3.40. The summed E-state index contributed by atoms with van der Waals surface area (Å²) in [6.45, 7) is 0. The van der Waals surface area contributed by atoms with Gasteiger partial charge < -0.3 is 5.11 Å². The molecular weight excluding hydrogens is 84.1 g/mol. The lowest BCUT2D eigenvalue weighted by molar-refractivity contribution is 0.474. The summed E-state index contributed by atoms with van der Waals surface area (Å²) in [7, 11) is 0. The van der Waals surface area contributed by atoms with E-state index in [1.165, 1.54) is 11.4 Å². The van der Waals surface area contributed by atoms with E-state index in [2.05, 4.69) is 12.2 Å². The number of aliphatic hydroxyl groups excluding tert-OH is 1. The predicted octanol–water partition coefficient (Wildman–Crippen LogP) is 1.06.